The van der Waals surface area contributed by atoms with Crippen LogP contribution in [0.25, 0.3) is 10.2 Å². The lowest BCUT2D eigenvalue weighted by atomic mass is 10.1. The standard InChI is InChI=1S/C22H26N6O2S2/c1-2-15-5-3-4-6-17(15)24-18(29)13-27-8-10-28(11-9-27)19(30)14-32-22-25-20(23)16-7-12-31-21(16)26-22/h3-7,12H,2,8-11,13-14H2,1H3,(H,24,29)(H2,23,25,26). The molecule has 1 fully saturated rings. The van der Waals surface area contributed by atoms with E-state index in [1.807, 2.05) is 40.6 Å². The van der Waals surface area contributed by atoms with Crippen molar-refractivity contribution in [2.24, 2.45) is 0 Å². The second kappa shape index (κ2) is 10.3. The summed E-state index contributed by atoms with van der Waals surface area (Å²) in [5.41, 5.74) is 7.97. The van der Waals surface area contributed by atoms with E-state index in [1.165, 1.54) is 23.1 Å². The fraction of sp³-hybridized carbons (Fsp3) is 0.364. The molecule has 0 aliphatic carbocycles. The minimum Gasteiger partial charge on any atom is -0.383 e. The third-order valence-electron chi connectivity index (χ3n) is 5.42. The molecule has 1 aliphatic heterocycles. The number of nitrogens with two attached hydrogens (primary N) is 1. The predicted molar refractivity (Wildman–Crippen MR) is 130 cm³/mol. The molecular weight excluding hydrogens is 444 g/mol. The van der Waals surface area contributed by atoms with Gasteiger partial charge in [0.1, 0.15) is 10.6 Å². The Morgan fingerprint density at radius 3 is 2.72 bits per heavy atom. The van der Waals surface area contributed by atoms with Gasteiger partial charge in [-0.1, -0.05) is 36.9 Å². The average Bonchev–Trinajstić information content (AvgIpc) is 3.28. The minimum atomic E-state index is -0.0278. The Kier molecular flexibility index (Phi) is 7.23. The van der Waals surface area contributed by atoms with Gasteiger partial charge in [0.25, 0.3) is 0 Å². The van der Waals surface area contributed by atoms with E-state index in [0.717, 1.165) is 27.9 Å². The van der Waals surface area contributed by atoms with Crippen LogP contribution in [0.1, 0.15) is 12.5 Å². The van der Waals surface area contributed by atoms with Crippen LogP contribution in [-0.4, -0.2) is 70.1 Å². The average molecular weight is 471 g/mol. The maximum absolute atomic E-state index is 12.6. The van der Waals surface area contributed by atoms with Crippen molar-refractivity contribution >= 4 is 56.6 Å². The quantitative estimate of drug-likeness (QED) is 0.404. The molecule has 168 valence electrons. The summed E-state index contributed by atoms with van der Waals surface area (Å²) in [7, 11) is 0. The molecule has 32 heavy (non-hydrogen) atoms. The highest BCUT2D eigenvalue weighted by atomic mass is 32.2. The van der Waals surface area contributed by atoms with Gasteiger partial charge in [0, 0.05) is 31.9 Å². The zero-order chi connectivity index (χ0) is 22.5. The summed E-state index contributed by atoms with van der Waals surface area (Å²) < 4.78 is 0. The Balaban J connectivity index is 1.23. The van der Waals surface area contributed by atoms with Crippen LogP contribution in [0.15, 0.2) is 40.9 Å². The maximum atomic E-state index is 12.6. The third-order valence-corrected chi connectivity index (χ3v) is 7.06. The van der Waals surface area contributed by atoms with E-state index in [4.69, 9.17) is 5.73 Å². The van der Waals surface area contributed by atoms with Crippen LogP contribution in [0.2, 0.25) is 0 Å². The molecule has 0 saturated carbocycles. The van der Waals surface area contributed by atoms with Crippen LogP contribution in [0.3, 0.4) is 0 Å². The van der Waals surface area contributed by atoms with Gasteiger partial charge >= 0.3 is 0 Å². The Morgan fingerprint density at radius 1 is 1.16 bits per heavy atom. The van der Waals surface area contributed by atoms with Crippen LogP contribution in [0.5, 0.6) is 0 Å². The second-order valence-electron chi connectivity index (χ2n) is 7.54. The normalized spacial score (nSPS) is 14.6. The van der Waals surface area contributed by atoms with Crippen molar-refractivity contribution in [3.8, 4) is 0 Å². The lowest BCUT2D eigenvalue weighted by Gasteiger charge is -2.34. The number of benzene rings is 1. The second-order valence-corrected chi connectivity index (χ2v) is 9.37. The van der Waals surface area contributed by atoms with E-state index in [1.54, 1.807) is 0 Å². The fourth-order valence-corrected chi connectivity index (χ4v) is 5.22. The molecule has 0 bridgehead atoms. The molecule has 3 N–H and O–H groups in total. The number of thioether (sulfide) groups is 1. The number of nitrogens with one attached hydrogen (secondary N) is 1. The van der Waals surface area contributed by atoms with E-state index in [2.05, 4.69) is 27.1 Å². The summed E-state index contributed by atoms with van der Waals surface area (Å²) in [4.78, 5) is 38.6. The number of amides is 2. The fourth-order valence-electron chi connectivity index (χ4n) is 3.64. The van der Waals surface area contributed by atoms with E-state index >= 15 is 0 Å². The van der Waals surface area contributed by atoms with Gasteiger partial charge in [-0.05, 0) is 29.5 Å². The predicted octanol–water partition coefficient (Wildman–Crippen LogP) is 2.71. The van der Waals surface area contributed by atoms with E-state index in [0.29, 0.717) is 43.7 Å². The Hall–Kier alpha value is -2.69. The Bertz CT molecular complexity index is 1110. The Labute approximate surface area is 195 Å². The maximum Gasteiger partial charge on any atom is 0.238 e. The summed E-state index contributed by atoms with van der Waals surface area (Å²) in [6, 6.07) is 9.76. The van der Waals surface area contributed by atoms with Gasteiger partial charge in [0.2, 0.25) is 11.8 Å². The van der Waals surface area contributed by atoms with Crippen LogP contribution >= 0.6 is 23.1 Å². The van der Waals surface area contributed by atoms with Crippen molar-refractivity contribution in [2.75, 3.05) is 49.5 Å². The number of rotatable bonds is 7. The highest BCUT2D eigenvalue weighted by Gasteiger charge is 2.23. The number of piperazine rings is 1. The van der Waals surface area contributed by atoms with Crippen LogP contribution in [0.4, 0.5) is 11.5 Å². The molecule has 3 aromatic rings. The van der Waals surface area contributed by atoms with Crippen molar-refractivity contribution in [1.29, 1.82) is 0 Å². The van der Waals surface area contributed by atoms with Crippen molar-refractivity contribution < 1.29 is 9.59 Å². The zero-order valence-corrected chi connectivity index (χ0v) is 19.5. The van der Waals surface area contributed by atoms with Gasteiger partial charge in [0.15, 0.2) is 5.16 Å². The van der Waals surface area contributed by atoms with E-state index in [9.17, 15) is 9.59 Å². The third kappa shape index (κ3) is 5.37. The zero-order valence-electron chi connectivity index (χ0n) is 17.9. The molecular formula is C22H26N6O2S2. The van der Waals surface area contributed by atoms with E-state index in [-0.39, 0.29) is 17.6 Å². The van der Waals surface area contributed by atoms with Gasteiger partial charge in [-0.3, -0.25) is 14.5 Å². The minimum absolute atomic E-state index is 0.0278. The first-order valence-corrected chi connectivity index (χ1v) is 12.4. The number of nitrogens with zero attached hydrogens (tertiary/aromatic N) is 4. The van der Waals surface area contributed by atoms with Crippen molar-refractivity contribution in [2.45, 2.75) is 18.5 Å². The molecule has 1 saturated heterocycles. The monoisotopic (exact) mass is 470 g/mol. The number of aryl methyl sites for hydroxylation is 1. The number of anilines is 2. The van der Waals surface area contributed by atoms with Crippen LogP contribution in [0, 0.1) is 0 Å². The highest BCUT2D eigenvalue weighted by Crippen LogP contribution is 2.26. The molecule has 0 atom stereocenters. The lowest BCUT2D eigenvalue weighted by Crippen LogP contribution is -2.50. The number of carbonyl (C=O) groups is 2. The SMILES string of the molecule is CCc1ccccc1NC(=O)CN1CCN(C(=O)CSc2nc(N)c3ccsc3n2)CC1. The molecule has 0 spiro atoms. The number of thiophene rings is 1. The molecule has 0 radical (unpaired) electrons. The molecule has 1 aliphatic rings. The molecule has 2 amide bonds. The number of hydrogen-bond donors (Lipinski definition) is 2. The van der Waals surface area contributed by atoms with Gasteiger partial charge < -0.3 is 16.0 Å². The first-order chi connectivity index (χ1) is 15.5. The van der Waals surface area contributed by atoms with Crippen LogP contribution < -0.4 is 11.1 Å². The summed E-state index contributed by atoms with van der Waals surface area (Å²) >= 11 is 2.81. The highest BCUT2D eigenvalue weighted by molar-refractivity contribution is 7.99. The van der Waals surface area contributed by atoms with Crippen molar-refractivity contribution in [3.63, 3.8) is 0 Å². The largest absolute Gasteiger partial charge is 0.383 e. The molecule has 8 nitrogen and oxygen atoms in total. The van der Waals surface area contributed by atoms with Gasteiger partial charge in [-0.25, -0.2) is 9.97 Å². The molecule has 10 heteroatoms. The molecule has 1 aromatic carbocycles. The topological polar surface area (TPSA) is 104 Å². The van der Waals surface area contributed by atoms with E-state index < -0.39 is 0 Å². The summed E-state index contributed by atoms with van der Waals surface area (Å²) in [5.74, 6) is 0.731. The summed E-state index contributed by atoms with van der Waals surface area (Å²) in [6.45, 7) is 4.94. The Morgan fingerprint density at radius 2 is 1.94 bits per heavy atom. The smallest absolute Gasteiger partial charge is 0.238 e. The number of aromatic nitrogens is 2. The molecule has 4 rings (SSSR count). The van der Waals surface area contributed by atoms with Crippen molar-refractivity contribution in [1.82, 2.24) is 19.8 Å². The molecule has 0 unspecified atom stereocenters. The lowest BCUT2D eigenvalue weighted by molar-refractivity contribution is -0.130. The molecule has 3 heterocycles. The number of carbonyl (C=O) groups excluding carboxylic acids is 2. The van der Waals surface area contributed by atoms with Gasteiger partial charge in [-0.2, -0.15) is 0 Å². The van der Waals surface area contributed by atoms with Gasteiger partial charge in [0.05, 0.1) is 17.7 Å². The summed E-state index contributed by atoms with van der Waals surface area (Å²) in [5, 5.41) is 6.31. The van der Waals surface area contributed by atoms with Gasteiger partial charge in [-0.15, -0.1) is 11.3 Å². The number of hydrogen-bond acceptors (Lipinski definition) is 8. The summed E-state index contributed by atoms with van der Waals surface area (Å²) in [6.07, 6.45) is 0.869. The van der Waals surface area contributed by atoms with Crippen LogP contribution in [-0.2, 0) is 16.0 Å². The number of fused-ring (bicyclic) bond motifs is 1. The molecule has 2 aromatic heterocycles. The first kappa shape index (κ1) is 22.5. The number of para-hydroxylation sites is 1. The number of nitrogen functional groups attached to an aromatic ring is 1. The first-order valence-electron chi connectivity index (χ1n) is 10.5. The van der Waals surface area contributed by atoms with Crippen molar-refractivity contribution in [3.05, 3.63) is 41.3 Å².